The van der Waals surface area contributed by atoms with Crippen molar-refractivity contribution in [1.29, 1.82) is 0 Å². The zero-order valence-corrected chi connectivity index (χ0v) is 12.1. The SMILES string of the molecule is CCCCc1cc(C)ccc1OC(=O)c1ccccc1. The van der Waals surface area contributed by atoms with Gasteiger partial charge >= 0.3 is 5.97 Å². The van der Waals surface area contributed by atoms with Gasteiger partial charge in [-0.1, -0.05) is 49.2 Å². The van der Waals surface area contributed by atoms with Gasteiger partial charge in [0.25, 0.3) is 0 Å². The maximum Gasteiger partial charge on any atom is 0.343 e. The van der Waals surface area contributed by atoms with E-state index in [9.17, 15) is 4.79 Å². The van der Waals surface area contributed by atoms with E-state index in [2.05, 4.69) is 19.9 Å². The third kappa shape index (κ3) is 3.70. The summed E-state index contributed by atoms with van der Waals surface area (Å²) in [5.41, 5.74) is 2.88. The Hall–Kier alpha value is -2.09. The van der Waals surface area contributed by atoms with E-state index in [-0.39, 0.29) is 5.97 Å². The molecule has 2 aromatic carbocycles. The second-order valence-corrected chi connectivity index (χ2v) is 4.97. The lowest BCUT2D eigenvalue weighted by Gasteiger charge is -2.11. The van der Waals surface area contributed by atoms with Crippen molar-refractivity contribution in [1.82, 2.24) is 0 Å². The molecule has 104 valence electrons. The summed E-state index contributed by atoms with van der Waals surface area (Å²) in [5.74, 6) is 0.380. The molecule has 2 nitrogen and oxygen atoms in total. The third-order valence-electron chi connectivity index (χ3n) is 3.23. The van der Waals surface area contributed by atoms with Crippen molar-refractivity contribution in [3.8, 4) is 5.75 Å². The highest BCUT2D eigenvalue weighted by Gasteiger charge is 2.11. The van der Waals surface area contributed by atoms with Crippen LogP contribution in [-0.2, 0) is 6.42 Å². The number of carbonyl (C=O) groups is 1. The Morgan fingerprint density at radius 1 is 1.10 bits per heavy atom. The fraction of sp³-hybridized carbons (Fsp3) is 0.278. The van der Waals surface area contributed by atoms with Crippen LogP contribution in [0.3, 0.4) is 0 Å². The third-order valence-corrected chi connectivity index (χ3v) is 3.23. The van der Waals surface area contributed by atoms with Crippen molar-refractivity contribution in [3.05, 3.63) is 65.2 Å². The van der Waals surface area contributed by atoms with Crippen LogP contribution in [0.5, 0.6) is 5.75 Å². The highest BCUT2D eigenvalue weighted by atomic mass is 16.5. The first kappa shape index (κ1) is 14.3. The van der Waals surface area contributed by atoms with Crippen LogP contribution in [0.15, 0.2) is 48.5 Å². The normalized spacial score (nSPS) is 10.3. The lowest BCUT2D eigenvalue weighted by molar-refractivity contribution is 0.0733. The second-order valence-electron chi connectivity index (χ2n) is 4.97. The summed E-state index contributed by atoms with van der Waals surface area (Å²) in [5, 5.41) is 0. The topological polar surface area (TPSA) is 26.3 Å². The fourth-order valence-corrected chi connectivity index (χ4v) is 2.10. The predicted molar refractivity (Wildman–Crippen MR) is 81.2 cm³/mol. The van der Waals surface area contributed by atoms with Crippen LogP contribution in [-0.4, -0.2) is 5.97 Å². The lowest BCUT2D eigenvalue weighted by Crippen LogP contribution is -2.09. The number of hydrogen-bond acceptors (Lipinski definition) is 2. The summed E-state index contributed by atoms with van der Waals surface area (Å²) in [6.07, 6.45) is 3.16. The maximum absolute atomic E-state index is 12.1. The Morgan fingerprint density at radius 3 is 2.55 bits per heavy atom. The van der Waals surface area contributed by atoms with Gasteiger partial charge in [-0.2, -0.15) is 0 Å². The minimum absolute atomic E-state index is 0.299. The first-order valence-electron chi connectivity index (χ1n) is 7.07. The van der Waals surface area contributed by atoms with E-state index in [4.69, 9.17) is 4.74 Å². The standard InChI is InChI=1S/C18H20O2/c1-3-4-8-16-13-14(2)11-12-17(16)20-18(19)15-9-6-5-7-10-15/h5-7,9-13H,3-4,8H2,1-2H3. The highest BCUT2D eigenvalue weighted by molar-refractivity contribution is 5.91. The Kier molecular flexibility index (Phi) is 4.94. The molecule has 0 spiro atoms. The van der Waals surface area contributed by atoms with E-state index in [0.29, 0.717) is 11.3 Å². The van der Waals surface area contributed by atoms with Crippen LogP contribution in [0.1, 0.15) is 41.3 Å². The monoisotopic (exact) mass is 268 g/mol. The van der Waals surface area contributed by atoms with Gasteiger partial charge in [0.15, 0.2) is 0 Å². The zero-order valence-electron chi connectivity index (χ0n) is 12.1. The average Bonchev–Trinajstić information content (AvgIpc) is 2.48. The number of aryl methyl sites for hydroxylation is 2. The molecule has 0 fully saturated rings. The molecule has 0 radical (unpaired) electrons. The van der Waals surface area contributed by atoms with Gasteiger partial charge in [0.1, 0.15) is 5.75 Å². The summed E-state index contributed by atoms with van der Waals surface area (Å²) >= 11 is 0. The highest BCUT2D eigenvalue weighted by Crippen LogP contribution is 2.23. The quantitative estimate of drug-likeness (QED) is 0.587. The summed E-state index contributed by atoms with van der Waals surface area (Å²) in [7, 11) is 0. The Morgan fingerprint density at radius 2 is 1.85 bits per heavy atom. The van der Waals surface area contributed by atoms with E-state index < -0.39 is 0 Å². The van der Waals surface area contributed by atoms with Gasteiger partial charge in [-0.3, -0.25) is 0 Å². The van der Waals surface area contributed by atoms with Crippen LogP contribution in [0.4, 0.5) is 0 Å². The van der Waals surface area contributed by atoms with Gasteiger partial charge in [-0.05, 0) is 43.5 Å². The number of esters is 1. The first-order chi connectivity index (χ1) is 9.70. The molecule has 0 aromatic heterocycles. The van der Waals surface area contributed by atoms with Crippen molar-refractivity contribution in [2.24, 2.45) is 0 Å². The molecule has 0 heterocycles. The van der Waals surface area contributed by atoms with Crippen molar-refractivity contribution in [2.45, 2.75) is 33.1 Å². The summed E-state index contributed by atoms with van der Waals surface area (Å²) < 4.78 is 5.54. The fourth-order valence-electron chi connectivity index (χ4n) is 2.10. The second kappa shape index (κ2) is 6.90. The first-order valence-corrected chi connectivity index (χ1v) is 7.07. The molecule has 0 bridgehead atoms. The molecule has 0 saturated heterocycles. The van der Waals surface area contributed by atoms with Gasteiger partial charge in [0.2, 0.25) is 0 Å². The molecule has 2 heteroatoms. The molecular formula is C18H20O2. The molecule has 0 aliphatic rings. The molecular weight excluding hydrogens is 248 g/mol. The number of rotatable bonds is 5. The van der Waals surface area contributed by atoms with Gasteiger partial charge in [0, 0.05) is 0 Å². The van der Waals surface area contributed by atoms with E-state index in [1.54, 1.807) is 12.1 Å². The molecule has 0 amide bonds. The van der Waals surface area contributed by atoms with Crippen LogP contribution in [0.2, 0.25) is 0 Å². The number of benzene rings is 2. The lowest BCUT2D eigenvalue weighted by atomic mass is 10.0. The van der Waals surface area contributed by atoms with E-state index in [1.807, 2.05) is 30.3 Å². The van der Waals surface area contributed by atoms with Gasteiger partial charge in [-0.15, -0.1) is 0 Å². The smallest absolute Gasteiger partial charge is 0.343 e. The maximum atomic E-state index is 12.1. The molecule has 0 N–H and O–H groups in total. The molecule has 2 aromatic rings. The molecule has 0 atom stereocenters. The molecule has 0 aliphatic heterocycles. The van der Waals surface area contributed by atoms with Crippen molar-refractivity contribution in [3.63, 3.8) is 0 Å². The van der Waals surface area contributed by atoms with Crippen molar-refractivity contribution >= 4 is 5.97 Å². The van der Waals surface area contributed by atoms with Gasteiger partial charge in [-0.25, -0.2) is 4.79 Å². The van der Waals surface area contributed by atoms with Crippen LogP contribution in [0.25, 0.3) is 0 Å². The van der Waals surface area contributed by atoms with Crippen molar-refractivity contribution in [2.75, 3.05) is 0 Å². The van der Waals surface area contributed by atoms with E-state index in [1.165, 1.54) is 5.56 Å². The molecule has 0 aliphatic carbocycles. The summed E-state index contributed by atoms with van der Waals surface area (Å²) in [6, 6.07) is 15.1. The van der Waals surface area contributed by atoms with E-state index >= 15 is 0 Å². The number of ether oxygens (including phenoxy) is 1. The van der Waals surface area contributed by atoms with Crippen LogP contribution in [0, 0.1) is 6.92 Å². The minimum Gasteiger partial charge on any atom is -0.423 e. The number of carbonyl (C=O) groups excluding carboxylic acids is 1. The van der Waals surface area contributed by atoms with Gasteiger partial charge in [0.05, 0.1) is 5.56 Å². The number of unbranched alkanes of at least 4 members (excludes halogenated alkanes) is 1. The van der Waals surface area contributed by atoms with Crippen LogP contribution < -0.4 is 4.74 Å². The Labute approximate surface area is 120 Å². The minimum atomic E-state index is -0.299. The zero-order chi connectivity index (χ0) is 14.4. The summed E-state index contributed by atoms with van der Waals surface area (Å²) in [4.78, 5) is 12.1. The number of hydrogen-bond donors (Lipinski definition) is 0. The molecule has 20 heavy (non-hydrogen) atoms. The predicted octanol–water partition coefficient (Wildman–Crippen LogP) is 4.56. The van der Waals surface area contributed by atoms with Crippen LogP contribution >= 0.6 is 0 Å². The van der Waals surface area contributed by atoms with E-state index in [0.717, 1.165) is 24.8 Å². The Bertz CT molecular complexity index is 573. The largest absolute Gasteiger partial charge is 0.423 e. The molecule has 2 rings (SSSR count). The Balaban J connectivity index is 2.18. The molecule has 0 unspecified atom stereocenters. The average molecular weight is 268 g/mol. The van der Waals surface area contributed by atoms with Crippen molar-refractivity contribution < 1.29 is 9.53 Å². The van der Waals surface area contributed by atoms with Gasteiger partial charge < -0.3 is 4.74 Å². The molecule has 0 saturated carbocycles. The summed E-state index contributed by atoms with van der Waals surface area (Å²) in [6.45, 7) is 4.21.